The maximum Gasteiger partial charge on any atom is 0.190 e. The first kappa shape index (κ1) is 22.6. The number of hydrogen-bond acceptors (Lipinski definition) is 5. The molecule has 0 amide bonds. The van der Waals surface area contributed by atoms with Gasteiger partial charge in [-0.15, -0.1) is 35.3 Å². The van der Waals surface area contributed by atoms with E-state index in [1.165, 1.54) is 5.01 Å². The van der Waals surface area contributed by atoms with Gasteiger partial charge in [0.15, 0.2) is 5.96 Å². The zero-order valence-electron chi connectivity index (χ0n) is 15.3. The van der Waals surface area contributed by atoms with Gasteiger partial charge < -0.3 is 20.1 Å². The van der Waals surface area contributed by atoms with Crippen LogP contribution in [0.1, 0.15) is 36.4 Å². The molecule has 1 atom stereocenters. The molecule has 0 bridgehead atoms. The lowest BCUT2D eigenvalue weighted by atomic mass is 10.2. The zero-order valence-corrected chi connectivity index (χ0v) is 18.4. The fourth-order valence-corrected chi connectivity index (χ4v) is 3.34. The van der Waals surface area contributed by atoms with Crippen LogP contribution in [0, 0.1) is 6.92 Å². The predicted octanol–water partition coefficient (Wildman–Crippen LogP) is 2.75. The summed E-state index contributed by atoms with van der Waals surface area (Å²) in [5.41, 5.74) is 1.13. The van der Waals surface area contributed by atoms with E-state index in [2.05, 4.69) is 26.0 Å². The molecule has 8 heteroatoms. The Kier molecular flexibility index (Phi) is 12.4. The number of hydrogen-bond donors (Lipinski definition) is 2. The molecule has 1 aliphatic rings. The van der Waals surface area contributed by atoms with Gasteiger partial charge in [0, 0.05) is 44.4 Å². The van der Waals surface area contributed by atoms with Gasteiger partial charge in [0.1, 0.15) is 0 Å². The summed E-state index contributed by atoms with van der Waals surface area (Å²) in [7, 11) is 1.81. The zero-order chi connectivity index (χ0) is 17.0. The average molecular weight is 482 g/mol. The van der Waals surface area contributed by atoms with Crippen molar-refractivity contribution in [1.82, 2.24) is 15.6 Å². The molecule has 2 N–H and O–H groups in total. The maximum atomic E-state index is 5.75. The standard InChI is InChI=1S/C17H30N4O2S.HI/c1-14-13-24-16(21-14)6-3-4-8-19-17(18-2)20-9-5-10-23-15-7-11-22-12-15;/h13,15H,3-12H2,1-2H3,(H2,18,19,20);1H. The summed E-state index contributed by atoms with van der Waals surface area (Å²) in [6, 6.07) is 0. The van der Waals surface area contributed by atoms with Crippen molar-refractivity contribution in [2.45, 2.75) is 45.1 Å². The number of guanidine groups is 1. The summed E-state index contributed by atoms with van der Waals surface area (Å²) in [6.07, 6.45) is 5.62. The number of rotatable bonds is 10. The van der Waals surface area contributed by atoms with Crippen LogP contribution in [0.25, 0.3) is 0 Å². The third-order valence-corrected chi connectivity index (χ3v) is 4.88. The number of halogens is 1. The van der Waals surface area contributed by atoms with Crippen LogP contribution in [0.15, 0.2) is 10.4 Å². The molecule has 1 aliphatic heterocycles. The Balaban J connectivity index is 0.00000312. The van der Waals surface area contributed by atoms with Crippen LogP contribution in [-0.4, -0.2) is 57.0 Å². The summed E-state index contributed by atoms with van der Waals surface area (Å²) < 4.78 is 11.0. The number of nitrogens with one attached hydrogen (secondary N) is 2. The second-order valence-corrected chi connectivity index (χ2v) is 6.92. The van der Waals surface area contributed by atoms with Crippen molar-refractivity contribution in [3.05, 3.63) is 16.1 Å². The second-order valence-electron chi connectivity index (χ2n) is 5.98. The molecular formula is C17H31IN4O2S. The van der Waals surface area contributed by atoms with E-state index in [-0.39, 0.29) is 24.0 Å². The monoisotopic (exact) mass is 482 g/mol. The topological polar surface area (TPSA) is 67.8 Å². The Morgan fingerprint density at radius 2 is 2.16 bits per heavy atom. The molecule has 0 saturated carbocycles. The maximum absolute atomic E-state index is 5.75. The van der Waals surface area contributed by atoms with Crippen LogP contribution in [-0.2, 0) is 15.9 Å². The second kappa shape index (κ2) is 13.7. The van der Waals surface area contributed by atoms with Gasteiger partial charge in [0.05, 0.1) is 17.7 Å². The highest BCUT2D eigenvalue weighted by atomic mass is 127. The molecule has 1 aromatic heterocycles. The summed E-state index contributed by atoms with van der Waals surface area (Å²) in [5, 5.41) is 10.0. The molecule has 1 aromatic rings. The van der Waals surface area contributed by atoms with Gasteiger partial charge in [0.2, 0.25) is 0 Å². The fourth-order valence-electron chi connectivity index (χ4n) is 2.52. The molecule has 0 radical (unpaired) electrons. The van der Waals surface area contributed by atoms with Crippen molar-refractivity contribution in [3.8, 4) is 0 Å². The first-order valence-corrected chi connectivity index (χ1v) is 9.71. The summed E-state index contributed by atoms with van der Waals surface area (Å²) in [4.78, 5) is 8.73. The number of aromatic nitrogens is 1. The van der Waals surface area contributed by atoms with Crippen molar-refractivity contribution in [2.75, 3.05) is 40.0 Å². The molecule has 1 unspecified atom stereocenters. The van der Waals surface area contributed by atoms with E-state index in [9.17, 15) is 0 Å². The van der Waals surface area contributed by atoms with Crippen LogP contribution in [0.4, 0.5) is 0 Å². The minimum atomic E-state index is 0. The third-order valence-electron chi connectivity index (χ3n) is 3.86. The van der Waals surface area contributed by atoms with Gasteiger partial charge in [-0.3, -0.25) is 4.99 Å². The lowest BCUT2D eigenvalue weighted by Crippen LogP contribution is -2.38. The SMILES string of the molecule is CN=C(NCCCCc1nc(C)cs1)NCCCOC1CCOC1.I. The van der Waals surface area contributed by atoms with E-state index >= 15 is 0 Å². The average Bonchev–Trinajstić information content (AvgIpc) is 3.24. The molecule has 25 heavy (non-hydrogen) atoms. The van der Waals surface area contributed by atoms with Gasteiger partial charge in [0.25, 0.3) is 0 Å². The van der Waals surface area contributed by atoms with Crippen LogP contribution < -0.4 is 10.6 Å². The Morgan fingerprint density at radius 1 is 1.36 bits per heavy atom. The van der Waals surface area contributed by atoms with Crippen molar-refractivity contribution < 1.29 is 9.47 Å². The van der Waals surface area contributed by atoms with Crippen molar-refractivity contribution in [1.29, 1.82) is 0 Å². The fraction of sp³-hybridized carbons (Fsp3) is 0.765. The number of ether oxygens (including phenoxy) is 2. The van der Waals surface area contributed by atoms with Gasteiger partial charge in [-0.2, -0.15) is 0 Å². The quantitative estimate of drug-likeness (QED) is 0.232. The van der Waals surface area contributed by atoms with Gasteiger partial charge in [-0.25, -0.2) is 4.98 Å². The van der Waals surface area contributed by atoms with Crippen molar-refractivity contribution >= 4 is 41.3 Å². The first-order chi connectivity index (χ1) is 11.8. The van der Waals surface area contributed by atoms with E-state index in [1.807, 2.05) is 6.92 Å². The molecule has 144 valence electrons. The largest absolute Gasteiger partial charge is 0.379 e. The molecule has 0 aliphatic carbocycles. The Morgan fingerprint density at radius 3 is 2.80 bits per heavy atom. The van der Waals surface area contributed by atoms with Crippen LogP contribution in [0.3, 0.4) is 0 Å². The normalized spacial score (nSPS) is 17.4. The highest BCUT2D eigenvalue weighted by Crippen LogP contribution is 2.11. The lowest BCUT2D eigenvalue weighted by molar-refractivity contribution is 0.0420. The van der Waals surface area contributed by atoms with E-state index < -0.39 is 0 Å². The van der Waals surface area contributed by atoms with Crippen LogP contribution in [0.5, 0.6) is 0 Å². The molecule has 6 nitrogen and oxygen atoms in total. The van der Waals surface area contributed by atoms with Gasteiger partial charge in [-0.05, 0) is 39.0 Å². The number of aliphatic imine (C=N–C) groups is 1. The molecule has 0 aromatic carbocycles. The van der Waals surface area contributed by atoms with E-state index in [1.54, 1.807) is 18.4 Å². The summed E-state index contributed by atoms with van der Waals surface area (Å²) in [6.45, 7) is 6.19. The molecular weight excluding hydrogens is 451 g/mol. The Hall–Kier alpha value is -0.450. The highest BCUT2D eigenvalue weighted by Gasteiger charge is 2.15. The minimum Gasteiger partial charge on any atom is -0.379 e. The summed E-state index contributed by atoms with van der Waals surface area (Å²) in [5.74, 6) is 0.865. The highest BCUT2D eigenvalue weighted by molar-refractivity contribution is 14.0. The lowest BCUT2D eigenvalue weighted by Gasteiger charge is -2.13. The molecule has 0 spiro atoms. The van der Waals surface area contributed by atoms with Crippen LogP contribution >= 0.6 is 35.3 Å². The number of unbranched alkanes of at least 4 members (excludes halogenated alkanes) is 1. The van der Waals surface area contributed by atoms with Crippen LogP contribution in [0.2, 0.25) is 0 Å². The number of aryl methyl sites for hydroxylation is 2. The molecule has 2 heterocycles. The van der Waals surface area contributed by atoms with E-state index in [0.29, 0.717) is 6.10 Å². The Labute approximate surface area is 172 Å². The van der Waals surface area contributed by atoms with Gasteiger partial charge in [-0.1, -0.05) is 0 Å². The summed E-state index contributed by atoms with van der Waals surface area (Å²) >= 11 is 1.76. The van der Waals surface area contributed by atoms with Gasteiger partial charge >= 0.3 is 0 Å². The Bertz CT molecular complexity index is 493. The molecule has 1 saturated heterocycles. The molecule has 1 fully saturated rings. The number of thiazole rings is 1. The predicted molar refractivity (Wildman–Crippen MR) is 114 cm³/mol. The van der Waals surface area contributed by atoms with E-state index in [4.69, 9.17) is 9.47 Å². The number of nitrogens with zero attached hydrogens (tertiary/aromatic N) is 2. The van der Waals surface area contributed by atoms with Crippen molar-refractivity contribution in [3.63, 3.8) is 0 Å². The first-order valence-electron chi connectivity index (χ1n) is 8.83. The van der Waals surface area contributed by atoms with Crippen molar-refractivity contribution in [2.24, 2.45) is 4.99 Å². The minimum absolute atomic E-state index is 0. The van der Waals surface area contributed by atoms with E-state index in [0.717, 1.165) is 76.7 Å². The molecule has 2 rings (SSSR count). The third kappa shape index (κ3) is 9.72. The smallest absolute Gasteiger partial charge is 0.190 e.